The van der Waals surface area contributed by atoms with Crippen LogP contribution in [0, 0.1) is 0 Å². The van der Waals surface area contributed by atoms with Crippen molar-refractivity contribution in [1.29, 1.82) is 0 Å². The van der Waals surface area contributed by atoms with Crippen molar-refractivity contribution in [3.63, 3.8) is 0 Å². The van der Waals surface area contributed by atoms with Gasteiger partial charge in [-0.1, -0.05) is 5.21 Å². The summed E-state index contributed by atoms with van der Waals surface area (Å²) in [6.07, 6.45) is 5.05. The number of hydrogen-bond acceptors (Lipinski definition) is 5. The molecule has 0 saturated heterocycles. The average Bonchev–Trinajstić information content (AvgIpc) is 3.24. The molecule has 25 heavy (non-hydrogen) atoms. The Balaban J connectivity index is 1.79. The Morgan fingerprint density at radius 3 is 2.92 bits per heavy atom. The van der Waals surface area contributed by atoms with E-state index in [0.29, 0.717) is 5.56 Å². The third-order valence-corrected chi connectivity index (χ3v) is 3.92. The maximum absolute atomic E-state index is 12.3. The lowest BCUT2D eigenvalue weighted by Crippen LogP contribution is -2.03. The normalized spacial score (nSPS) is 11.6. The number of rotatable bonds is 4. The first-order valence-electron chi connectivity index (χ1n) is 7.80. The number of fused-ring (bicyclic) bond motifs is 2. The van der Waals surface area contributed by atoms with Crippen LogP contribution in [-0.4, -0.2) is 50.0 Å². The Hall–Kier alpha value is -3.48. The molecule has 1 N–H and O–H groups in total. The molecule has 2 heterocycles. The Kier molecular flexibility index (Phi) is 3.53. The molecule has 0 aliphatic rings. The van der Waals surface area contributed by atoms with Crippen molar-refractivity contribution in [2.45, 2.75) is 0 Å². The second kappa shape index (κ2) is 5.86. The second-order valence-corrected chi connectivity index (χ2v) is 5.99. The number of carbonyl (C=O) groups excluding carboxylic acids is 1. The van der Waals surface area contributed by atoms with Crippen LogP contribution in [0.1, 0.15) is 10.4 Å². The molecular weight excluding hydrogens is 316 g/mol. The van der Waals surface area contributed by atoms with Crippen molar-refractivity contribution >= 4 is 27.7 Å². The minimum atomic E-state index is -0.0626. The number of ketones is 1. The van der Waals surface area contributed by atoms with Gasteiger partial charge in [0.1, 0.15) is 5.52 Å². The van der Waals surface area contributed by atoms with Crippen LogP contribution in [0.4, 0.5) is 0 Å². The fourth-order valence-corrected chi connectivity index (χ4v) is 2.63. The Bertz CT molecular complexity index is 1110. The summed E-state index contributed by atoms with van der Waals surface area (Å²) in [7, 11) is 3.75. The number of aromatic amines is 1. The van der Waals surface area contributed by atoms with Gasteiger partial charge < -0.3 is 4.90 Å². The molecule has 0 bridgehead atoms. The van der Waals surface area contributed by atoms with Crippen molar-refractivity contribution in [3.8, 4) is 5.69 Å². The maximum Gasteiger partial charge on any atom is 0.187 e. The molecule has 4 rings (SSSR count). The van der Waals surface area contributed by atoms with Gasteiger partial charge in [0.25, 0.3) is 0 Å². The van der Waals surface area contributed by atoms with Gasteiger partial charge in [0.2, 0.25) is 0 Å². The molecule has 7 nitrogen and oxygen atoms in total. The quantitative estimate of drug-likeness (QED) is 0.459. The van der Waals surface area contributed by atoms with Crippen LogP contribution in [0.25, 0.3) is 27.6 Å². The zero-order valence-electron chi connectivity index (χ0n) is 13.8. The summed E-state index contributed by atoms with van der Waals surface area (Å²) in [5.41, 5.74) is 3.88. The number of carbonyl (C=O) groups is 1. The summed E-state index contributed by atoms with van der Waals surface area (Å²) in [6.45, 7) is 0. The second-order valence-electron chi connectivity index (χ2n) is 5.99. The first-order valence-corrected chi connectivity index (χ1v) is 7.80. The predicted molar refractivity (Wildman–Crippen MR) is 95.7 cm³/mol. The van der Waals surface area contributed by atoms with Crippen molar-refractivity contribution in [1.82, 2.24) is 30.1 Å². The van der Waals surface area contributed by atoms with Gasteiger partial charge in [-0.05, 0) is 36.4 Å². The molecule has 2 aromatic carbocycles. The van der Waals surface area contributed by atoms with Crippen LogP contribution in [0.3, 0.4) is 0 Å². The number of H-pyrrole nitrogens is 1. The standard InChI is InChI=1S/C18H16N6O/c1-23(2)8-7-18(25)12-4-6-15-17(9-12)24(22-21-15)14-5-3-13-11-19-20-16(13)10-14/h3-11H,1-2H3,(H,19,20). The third kappa shape index (κ3) is 2.76. The van der Waals surface area contributed by atoms with E-state index < -0.39 is 0 Å². The van der Waals surface area contributed by atoms with Crippen LogP contribution in [0.15, 0.2) is 54.9 Å². The van der Waals surface area contributed by atoms with E-state index in [0.717, 1.165) is 27.6 Å². The molecular formula is C18H16N6O. The maximum atomic E-state index is 12.3. The Morgan fingerprint density at radius 1 is 1.20 bits per heavy atom. The highest BCUT2D eigenvalue weighted by Crippen LogP contribution is 2.21. The van der Waals surface area contributed by atoms with Crippen molar-refractivity contribution < 1.29 is 4.79 Å². The highest BCUT2D eigenvalue weighted by atomic mass is 16.1. The van der Waals surface area contributed by atoms with E-state index in [1.54, 1.807) is 29.2 Å². The van der Waals surface area contributed by atoms with Crippen molar-refractivity contribution in [2.75, 3.05) is 14.1 Å². The van der Waals surface area contributed by atoms with Gasteiger partial charge in [0, 0.05) is 37.3 Å². The number of allylic oxidation sites excluding steroid dienone is 1. The van der Waals surface area contributed by atoms with Crippen molar-refractivity contribution in [2.24, 2.45) is 0 Å². The fraction of sp³-hybridized carbons (Fsp3) is 0.111. The molecule has 0 spiro atoms. The molecule has 2 aromatic heterocycles. The number of nitrogens with one attached hydrogen (secondary N) is 1. The average molecular weight is 332 g/mol. The summed E-state index contributed by atoms with van der Waals surface area (Å²) >= 11 is 0. The Labute approximate surface area is 143 Å². The van der Waals surface area contributed by atoms with E-state index in [1.807, 2.05) is 49.3 Å². The summed E-state index contributed by atoms with van der Waals surface area (Å²) in [4.78, 5) is 14.1. The summed E-state index contributed by atoms with van der Waals surface area (Å²) in [5, 5.41) is 16.4. The molecule has 0 radical (unpaired) electrons. The van der Waals surface area contributed by atoms with Gasteiger partial charge >= 0.3 is 0 Å². The lowest BCUT2D eigenvalue weighted by molar-refractivity contribution is 0.104. The molecule has 0 aliphatic heterocycles. The van der Waals surface area contributed by atoms with E-state index >= 15 is 0 Å². The molecule has 124 valence electrons. The SMILES string of the molecule is CN(C)C=CC(=O)c1ccc2nnn(-c3ccc4cn[nH]c4c3)c2c1. The topological polar surface area (TPSA) is 79.7 Å². The molecule has 0 saturated carbocycles. The van der Waals surface area contributed by atoms with E-state index in [1.165, 1.54) is 0 Å². The Morgan fingerprint density at radius 2 is 2.08 bits per heavy atom. The van der Waals surface area contributed by atoms with Gasteiger partial charge in [-0.3, -0.25) is 9.89 Å². The minimum absolute atomic E-state index is 0.0626. The molecule has 0 atom stereocenters. The monoisotopic (exact) mass is 332 g/mol. The molecule has 0 amide bonds. The number of hydrogen-bond donors (Lipinski definition) is 1. The minimum Gasteiger partial charge on any atom is -0.383 e. The summed E-state index contributed by atoms with van der Waals surface area (Å²) in [5.74, 6) is -0.0626. The third-order valence-electron chi connectivity index (χ3n) is 3.92. The van der Waals surface area contributed by atoms with E-state index in [-0.39, 0.29) is 5.78 Å². The molecule has 4 aromatic rings. The van der Waals surface area contributed by atoms with E-state index in [2.05, 4.69) is 20.5 Å². The van der Waals surface area contributed by atoms with Crippen LogP contribution in [0.2, 0.25) is 0 Å². The molecule has 0 aliphatic carbocycles. The van der Waals surface area contributed by atoms with Crippen LogP contribution >= 0.6 is 0 Å². The van der Waals surface area contributed by atoms with Gasteiger partial charge in [0.15, 0.2) is 5.78 Å². The fourth-order valence-electron chi connectivity index (χ4n) is 2.63. The molecule has 7 heteroatoms. The molecule has 0 unspecified atom stereocenters. The number of aromatic nitrogens is 5. The largest absolute Gasteiger partial charge is 0.383 e. The van der Waals surface area contributed by atoms with Gasteiger partial charge in [-0.25, -0.2) is 4.68 Å². The smallest absolute Gasteiger partial charge is 0.187 e. The zero-order valence-corrected chi connectivity index (χ0v) is 13.8. The predicted octanol–water partition coefficient (Wildman–Crippen LogP) is 2.55. The van der Waals surface area contributed by atoms with Crippen LogP contribution in [-0.2, 0) is 0 Å². The number of nitrogens with zero attached hydrogens (tertiary/aromatic N) is 5. The molecule has 0 fully saturated rings. The van der Waals surface area contributed by atoms with E-state index in [9.17, 15) is 4.79 Å². The summed E-state index contributed by atoms with van der Waals surface area (Å²) in [6, 6.07) is 11.3. The zero-order chi connectivity index (χ0) is 17.4. The lowest BCUT2D eigenvalue weighted by Gasteiger charge is -2.04. The first-order chi connectivity index (χ1) is 12.1. The number of benzene rings is 2. The highest BCUT2D eigenvalue weighted by Gasteiger charge is 2.11. The van der Waals surface area contributed by atoms with E-state index in [4.69, 9.17) is 0 Å². The van der Waals surface area contributed by atoms with Gasteiger partial charge in [-0.15, -0.1) is 5.10 Å². The van der Waals surface area contributed by atoms with Crippen LogP contribution in [0.5, 0.6) is 0 Å². The van der Waals surface area contributed by atoms with Gasteiger partial charge in [-0.2, -0.15) is 5.10 Å². The van der Waals surface area contributed by atoms with Gasteiger partial charge in [0.05, 0.1) is 22.9 Å². The first kappa shape index (κ1) is 15.1. The summed E-state index contributed by atoms with van der Waals surface area (Å²) < 4.78 is 1.72. The lowest BCUT2D eigenvalue weighted by atomic mass is 10.1. The van der Waals surface area contributed by atoms with Crippen molar-refractivity contribution in [3.05, 3.63) is 60.4 Å². The highest BCUT2D eigenvalue weighted by molar-refractivity contribution is 6.06. The van der Waals surface area contributed by atoms with Crippen LogP contribution < -0.4 is 0 Å².